The van der Waals surface area contributed by atoms with Gasteiger partial charge in [-0.2, -0.15) is 0 Å². The van der Waals surface area contributed by atoms with E-state index in [1.165, 1.54) is 17.2 Å². The maximum Gasteiger partial charge on any atom is 0.126 e. The van der Waals surface area contributed by atoms with E-state index in [0.29, 0.717) is 17.4 Å². The van der Waals surface area contributed by atoms with E-state index in [1.54, 1.807) is 6.07 Å². The smallest absolute Gasteiger partial charge is 0.126 e. The van der Waals surface area contributed by atoms with E-state index in [0.717, 1.165) is 6.42 Å². The highest BCUT2D eigenvalue weighted by atomic mass is 35.5. The van der Waals surface area contributed by atoms with Crippen LogP contribution in [0.15, 0.2) is 48.5 Å². The Morgan fingerprint density at radius 2 is 1.65 bits per heavy atom. The number of halogens is 2. The van der Waals surface area contributed by atoms with Crippen LogP contribution in [0.5, 0.6) is 0 Å². The maximum atomic E-state index is 13.8. The van der Waals surface area contributed by atoms with E-state index < -0.39 is 0 Å². The van der Waals surface area contributed by atoms with Crippen molar-refractivity contribution in [3.05, 3.63) is 71.0 Å². The van der Waals surface area contributed by atoms with Crippen LogP contribution in [0, 0.1) is 5.82 Å². The molecule has 0 bridgehead atoms. The molecule has 1 unspecified atom stereocenters. The summed E-state index contributed by atoms with van der Waals surface area (Å²) in [6.45, 7) is 4.35. The molecule has 20 heavy (non-hydrogen) atoms. The zero-order chi connectivity index (χ0) is 14.5. The fourth-order valence-electron chi connectivity index (χ4n) is 2.38. The van der Waals surface area contributed by atoms with Crippen LogP contribution in [0.4, 0.5) is 4.39 Å². The molecule has 0 saturated heterocycles. The van der Waals surface area contributed by atoms with Gasteiger partial charge >= 0.3 is 0 Å². The van der Waals surface area contributed by atoms with E-state index in [-0.39, 0.29) is 11.7 Å². The molecular formula is C18H20ClF. The van der Waals surface area contributed by atoms with Gasteiger partial charge in [-0.3, -0.25) is 0 Å². The molecule has 2 aromatic rings. The van der Waals surface area contributed by atoms with Crippen LogP contribution in [-0.4, -0.2) is 5.88 Å². The molecule has 0 aliphatic carbocycles. The van der Waals surface area contributed by atoms with Crippen molar-refractivity contribution < 1.29 is 4.39 Å². The van der Waals surface area contributed by atoms with Crippen LogP contribution < -0.4 is 0 Å². The third-order valence-corrected chi connectivity index (χ3v) is 4.03. The van der Waals surface area contributed by atoms with Crippen molar-refractivity contribution in [2.75, 3.05) is 5.88 Å². The van der Waals surface area contributed by atoms with Gasteiger partial charge in [0.25, 0.3) is 0 Å². The van der Waals surface area contributed by atoms with Crippen molar-refractivity contribution in [1.29, 1.82) is 0 Å². The van der Waals surface area contributed by atoms with Gasteiger partial charge in [-0.15, -0.1) is 11.6 Å². The monoisotopic (exact) mass is 290 g/mol. The first-order valence-electron chi connectivity index (χ1n) is 7.01. The zero-order valence-corrected chi connectivity index (χ0v) is 12.7. The molecule has 0 aromatic heterocycles. The van der Waals surface area contributed by atoms with E-state index >= 15 is 0 Å². The first-order valence-corrected chi connectivity index (χ1v) is 7.54. The van der Waals surface area contributed by atoms with Gasteiger partial charge in [0, 0.05) is 11.8 Å². The van der Waals surface area contributed by atoms with Crippen LogP contribution in [-0.2, 0) is 6.42 Å². The van der Waals surface area contributed by atoms with Gasteiger partial charge in [0.2, 0.25) is 0 Å². The molecule has 0 radical (unpaired) electrons. The van der Waals surface area contributed by atoms with Gasteiger partial charge in [0.1, 0.15) is 5.82 Å². The first-order chi connectivity index (χ1) is 9.61. The standard InChI is InChI=1S/C18H20ClF/c1-13(2)15-9-7-14(8-10-15)11-16(12-19)17-5-3-4-6-18(17)20/h3-10,13,16H,11-12H2,1-2H3. The molecule has 0 heterocycles. The van der Waals surface area contributed by atoms with Crippen LogP contribution in [0.2, 0.25) is 0 Å². The van der Waals surface area contributed by atoms with Gasteiger partial charge in [0.05, 0.1) is 0 Å². The van der Waals surface area contributed by atoms with Gasteiger partial charge < -0.3 is 0 Å². The highest BCUT2D eigenvalue weighted by Gasteiger charge is 2.15. The Kier molecular flexibility index (Phi) is 5.19. The summed E-state index contributed by atoms with van der Waals surface area (Å²) in [6, 6.07) is 15.4. The number of benzene rings is 2. The number of alkyl halides is 1. The lowest BCUT2D eigenvalue weighted by Gasteiger charge is -2.16. The Hall–Kier alpha value is -1.34. The van der Waals surface area contributed by atoms with Crippen molar-refractivity contribution >= 4 is 11.6 Å². The van der Waals surface area contributed by atoms with E-state index in [4.69, 9.17) is 11.6 Å². The molecular weight excluding hydrogens is 271 g/mol. The van der Waals surface area contributed by atoms with Crippen molar-refractivity contribution in [2.24, 2.45) is 0 Å². The second kappa shape index (κ2) is 6.90. The van der Waals surface area contributed by atoms with Crippen LogP contribution >= 0.6 is 11.6 Å². The number of hydrogen-bond donors (Lipinski definition) is 0. The summed E-state index contributed by atoms with van der Waals surface area (Å²) < 4.78 is 13.8. The minimum atomic E-state index is -0.169. The normalized spacial score (nSPS) is 12.7. The lowest BCUT2D eigenvalue weighted by Crippen LogP contribution is -2.07. The van der Waals surface area contributed by atoms with Crippen molar-refractivity contribution in [1.82, 2.24) is 0 Å². The topological polar surface area (TPSA) is 0 Å². The molecule has 2 aromatic carbocycles. The van der Waals surface area contributed by atoms with Gasteiger partial charge in [-0.05, 0) is 35.1 Å². The SMILES string of the molecule is CC(C)c1ccc(CC(CCl)c2ccccc2F)cc1. The maximum absolute atomic E-state index is 13.8. The summed E-state index contributed by atoms with van der Waals surface area (Å²) in [5.74, 6) is 0.798. The second-order valence-electron chi connectivity index (χ2n) is 5.47. The van der Waals surface area contributed by atoms with Crippen molar-refractivity contribution in [2.45, 2.75) is 32.1 Å². The summed E-state index contributed by atoms with van der Waals surface area (Å²) in [4.78, 5) is 0. The van der Waals surface area contributed by atoms with E-state index in [9.17, 15) is 4.39 Å². The van der Waals surface area contributed by atoms with Gasteiger partial charge in [0.15, 0.2) is 0 Å². The average Bonchev–Trinajstić information content (AvgIpc) is 2.46. The Bertz CT molecular complexity index is 546. The molecule has 106 valence electrons. The molecule has 0 N–H and O–H groups in total. The van der Waals surface area contributed by atoms with Gasteiger partial charge in [-0.1, -0.05) is 56.3 Å². The fraction of sp³-hybridized carbons (Fsp3) is 0.333. The summed E-state index contributed by atoms with van der Waals surface area (Å²) in [5, 5.41) is 0. The second-order valence-corrected chi connectivity index (χ2v) is 5.78. The molecule has 0 saturated carbocycles. The zero-order valence-electron chi connectivity index (χ0n) is 11.9. The Balaban J connectivity index is 2.16. The number of hydrogen-bond acceptors (Lipinski definition) is 0. The van der Waals surface area contributed by atoms with Crippen molar-refractivity contribution in [3.8, 4) is 0 Å². The summed E-state index contributed by atoms with van der Waals surface area (Å²) in [5.41, 5.74) is 3.22. The lowest BCUT2D eigenvalue weighted by atomic mass is 9.92. The molecule has 0 nitrogen and oxygen atoms in total. The predicted molar refractivity (Wildman–Crippen MR) is 84.1 cm³/mol. The summed E-state index contributed by atoms with van der Waals surface area (Å²) >= 11 is 6.04. The highest BCUT2D eigenvalue weighted by molar-refractivity contribution is 6.18. The molecule has 0 aliphatic rings. The summed E-state index contributed by atoms with van der Waals surface area (Å²) in [7, 11) is 0. The largest absolute Gasteiger partial charge is 0.207 e. The molecule has 0 spiro atoms. The summed E-state index contributed by atoms with van der Waals surface area (Å²) in [6.07, 6.45) is 0.767. The average molecular weight is 291 g/mol. The quantitative estimate of drug-likeness (QED) is 0.637. The van der Waals surface area contributed by atoms with E-state index in [1.807, 2.05) is 12.1 Å². The molecule has 0 aliphatic heterocycles. The molecule has 2 rings (SSSR count). The minimum Gasteiger partial charge on any atom is -0.207 e. The minimum absolute atomic E-state index is 0.0165. The number of rotatable bonds is 5. The van der Waals surface area contributed by atoms with Crippen LogP contribution in [0.3, 0.4) is 0 Å². The molecule has 0 fully saturated rings. The van der Waals surface area contributed by atoms with Gasteiger partial charge in [-0.25, -0.2) is 4.39 Å². The Labute approximate surface area is 125 Å². The predicted octanol–water partition coefficient (Wildman–Crippen LogP) is 5.51. The molecule has 1 atom stereocenters. The van der Waals surface area contributed by atoms with E-state index in [2.05, 4.69) is 38.1 Å². The third-order valence-electron chi connectivity index (χ3n) is 3.66. The lowest BCUT2D eigenvalue weighted by molar-refractivity contribution is 0.589. The van der Waals surface area contributed by atoms with Crippen LogP contribution in [0.25, 0.3) is 0 Å². The molecule has 2 heteroatoms. The van der Waals surface area contributed by atoms with Crippen molar-refractivity contribution in [3.63, 3.8) is 0 Å². The fourth-order valence-corrected chi connectivity index (χ4v) is 2.65. The molecule has 0 amide bonds. The van der Waals surface area contributed by atoms with Crippen LogP contribution in [0.1, 0.15) is 42.4 Å². The highest BCUT2D eigenvalue weighted by Crippen LogP contribution is 2.25. The first kappa shape index (κ1) is 15.1. The Morgan fingerprint density at radius 1 is 1.00 bits per heavy atom. The Morgan fingerprint density at radius 3 is 2.20 bits per heavy atom. The third kappa shape index (κ3) is 3.61.